The van der Waals surface area contributed by atoms with Crippen LogP contribution in [0.15, 0.2) is 29.1 Å². The van der Waals surface area contributed by atoms with Gasteiger partial charge in [-0.3, -0.25) is 14.2 Å². The molecule has 134 valence electrons. The van der Waals surface area contributed by atoms with Crippen LogP contribution < -0.4 is 15.6 Å². The lowest BCUT2D eigenvalue weighted by atomic mass is 10.1. The first-order chi connectivity index (χ1) is 12.6. The lowest BCUT2D eigenvalue weighted by Gasteiger charge is -2.16. The first-order valence-corrected chi connectivity index (χ1v) is 9.38. The standard InChI is InChI=1S/C19H19N3O3S/c1-11-15-18(21-14-5-3-4-10-22(14)19(15)24)26-16(11)17(23)20-12-6-8-13(25-2)9-7-12/h6-9H,3-5,10H2,1-2H3,(H,20,23). The number of thiophene rings is 1. The van der Waals surface area contributed by atoms with Gasteiger partial charge in [-0.15, -0.1) is 11.3 Å². The smallest absolute Gasteiger partial charge is 0.266 e. The Labute approximate surface area is 154 Å². The summed E-state index contributed by atoms with van der Waals surface area (Å²) < 4.78 is 6.88. The van der Waals surface area contributed by atoms with Gasteiger partial charge in [-0.05, 0) is 49.6 Å². The van der Waals surface area contributed by atoms with Gasteiger partial charge in [0.05, 0.1) is 17.4 Å². The number of carbonyl (C=O) groups is 1. The molecule has 7 heteroatoms. The number of carbonyl (C=O) groups excluding carboxylic acids is 1. The van der Waals surface area contributed by atoms with Crippen molar-refractivity contribution in [3.63, 3.8) is 0 Å². The second kappa shape index (κ2) is 6.57. The van der Waals surface area contributed by atoms with Crippen molar-refractivity contribution < 1.29 is 9.53 Å². The fourth-order valence-corrected chi connectivity index (χ4v) is 4.40. The van der Waals surface area contributed by atoms with Crippen LogP contribution >= 0.6 is 11.3 Å². The van der Waals surface area contributed by atoms with Gasteiger partial charge < -0.3 is 10.1 Å². The number of rotatable bonds is 3. The largest absolute Gasteiger partial charge is 0.497 e. The first kappa shape index (κ1) is 16.8. The molecule has 0 saturated carbocycles. The summed E-state index contributed by atoms with van der Waals surface area (Å²) in [5.74, 6) is 1.33. The molecule has 0 atom stereocenters. The van der Waals surface area contributed by atoms with Crippen LogP contribution in [0.3, 0.4) is 0 Å². The number of aryl methyl sites for hydroxylation is 2. The van der Waals surface area contributed by atoms with E-state index in [0.29, 0.717) is 32.9 Å². The van der Waals surface area contributed by atoms with Crippen molar-refractivity contribution >= 4 is 33.1 Å². The highest BCUT2D eigenvalue weighted by Gasteiger charge is 2.22. The highest BCUT2D eigenvalue weighted by molar-refractivity contribution is 7.20. The summed E-state index contributed by atoms with van der Waals surface area (Å²) in [5, 5.41) is 3.45. The van der Waals surface area contributed by atoms with E-state index in [4.69, 9.17) is 4.74 Å². The molecule has 0 spiro atoms. The number of fused-ring (bicyclic) bond motifs is 2. The van der Waals surface area contributed by atoms with Crippen LogP contribution in [0.5, 0.6) is 5.75 Å². The van der Waals surface area contributed by atoms with Crippen LogP contribution in [0.25, 0.3) is 10.2 Å². The molecular formula is C19H19N3O3S. The van der Waals surface area contributed by atoms with Crippen molar-refractivity contribution in [3.05, 3.63) is 50.9 Å². The highest BCUT2D eigenvalue weighted by atomic mass is 32.1. The van der Waals surface area contributed by atoms with Crippen molar-refractivity contribution in [2.24, 2.45) is 0 Å². The molecule has 3 heterocycles. The van der Waals surface area contributed by atoms with Crippen molar-refractivity contribution in [1.29, 1.82) is 0 Å². The van der Waals surface area contributed by atoms with Crippen molar-refractivity contribution in [1.82, 2.24) is 9.55 Å². The van der Waals surface area contributed by atoms with E-state index in [0.717, 1.165) is 30.8 Å². The van der Waals surface area contributed by atoms with Crippen molar-refractivity contribution in [3.8, 4) is 5.75 Å². The maximum Gasteiger partial charge on any atom is 0.266 e. The number of nitrogens with zero attached hydrogens (tertiary/aromatic N) is 2. The maximum atomic E-state index is 12.8. The Bertz CT molecular complexity index is 1050. The summed E-state index contributed by atoms with van der Waals surface area (Å²) >= 11 is 1.28. The molecule has 0 radical (unpaired) electrons. The monoisotopic (exact) mass is 369 g/mol. The first-order valence-electron chi connectivity index (χ1n) is 8.56. The lowest BCUT2D eigenvalue weighted by molar-refractivity contribution is 0.103. The van der Waals surface area contributed by atoms with E-state index in [1.807, 2.05) is 6.92 Å². The summed E-state index contributed by atoms with van der Waals surface area (Å²) in [4.78, 5) is 31.4. The topological polar surface area (TPSA) is 73.2 Å². The minimum atomic E-state index is -0.224. The molecule has 1 aliphatic heterocycles. The van der Waals surface area contributed by atoms with Crippen LogP contribution in [0, 0.1) is 6.92 Å². The number of ether oxygens (including phenoxy) is 1. The molecular weight excluding hydrogens is 350 g/mol. The third kappa shape index (κ3) is 2.78. The molecule has 1 aliphatic rings. The van der Waals surface area contributed by atoms with Gasteiger partial charge in [0.25, 0.3) is 11.5 Å². The van der Waals surface area contributed by atoms with Crippen LogP contribution in [-0.4, -0.2) is 22.6 Å². The molecule has 6 nitrogen and oxygen atoms in total. The number of methoxy groups -OCH3 is 1. The lowest BCUT2D eigenvalue weighted by Crippen LogP contribution is -2.28. The Kier molecular flexibility index (Phi) is 4.24. The van der Waals surface area contributed by atoms with Gasteiger partial charge in [0, 0.05) is 18.7 Å². The summed E-state index contributed by atoms with van der Waals surface area (Å²) in [6, 6.07) is 7.14. The Morgan fingerprint density at radius 3 is 2.77 bits per heavy atom. The molecule has 0 aliphatic carbocycles. The molecule has 2 aromatic heterocycles. The van der Waals surface area contributed by atoms with Crippen LogP contribution in [0.4, 0.5) is 5.69 Å². The second-order valence-electron chi connectivity index (χ2n) is 6.36. The summed E-state index contributed by atoms with van der Waals surface area (Å²) in [7, 11) is 1.60. The molecule has 1 N–H and O–H groups in total. The van der Waals surface area contributed by atoms with Gasteiger partial charge in [-0.2, -0.15) is 0 Å². The van der Waals surface area contributed by atoms with Gasteiger partial charge in [0.15, 0.2) is 0 Å². The maximum absolute atomic E-state index is 12.8. The SMILES string of the molecule is COc1ccc(NC(=O)c2sc3nc4n(c(=O)c3c2C)CCCC4)cc1. The molecule has 26 heavy (non-hydrogen) atoms. The minimum absolute atomic E-state index is 0.0260. The zero-order valence-electron chi connectivity index (χ0n) is 14.7. The number of benzene rings is 1. The molecule has 3 aromatic rings. The molecule has 0 unspecified atom stereocenters. The predicted molar refractivity (Wildman–Crippen MR) is 103 cm³/mol. The molecule has 0 fully saturated rings. The van der Waals surface area contributed by atoms with Gasteiger partial charge in [0.1, 0.15) is 16.4 Å². The van der Waals surface area contributed by atoms with Crippen LogP contribution in [0.1, 0.15) is 33.9 Å². The number of hydrogen-bond donors (Lipinski definition) is 1. The zero-order chi connectivity index (χ0) is 18.3. The van der Waals surface area contributed by atoms with E-state index in [1.165, 1.54) is 11.3 Å². The Morgan fingerprint density at radius 2 is 2.04 bits per heavy atom. The van der Waals surface area contributed by atoms with Crippen molar-refractivity contribution in [2.75, 3.05) is 12.4 Å². The van der Waals surface area contributed by atoms with E-state index < -0.39 is 0 Å². The minimum Gasteiger partial charge on any atom is -0.497 e. The van der Waals surface area contributed by atoms with Gasteiger partial charge in [-0.25, -0.2) is 4.98 Å². The Morgan fingerprint density at radius 1 is 1.27 bits per heavy atom. The fraction of sp³-hybridized carbons (Fsp3) is 0.316. The van der Waals surface area contributed by atoms with Gasteiger partial charge >= 0.3 is 0 Å². The van der Waals surface area contributed by atoms with E-state index in [9.17, 15) is 9.59 Å². The van der Waals surface area contributed by atoms with E-state index in [1.54, 1.807) is 35.9 Å². The van der Waals surface area contributed by atoms with Crippen LogP contribution in [-0.2, 0) is 13.0 Å². The number of amides is 1. The summed E-state index contributed by atoms with van der Waals surface area (Å²) in [5.41, 5.74) is 1.35. The third-order valence-corrected chi connectivity index (χ3v) is 5.90. The Hall–Kier alpha value is -2.67. The van der Waals surface area contributed by atoms with Gasteiger partial charge in [-0.1, -0.05) is 0 Å². The summed E-state index contributed by atoms with van der Waals surface area (Å²) in [6.45, 7) is 2.53. The molecule has 4 rings (SSSR count). The fourth-order valence-electron chi connectivity index (χ4n) is 3.31. The molecule has 0 bridgehead atoms. The average molecular weight is 369 g/mol. The van der Waals surface area contributed by atoms with E-state index in [2.05, 4.69) is 10.3 Å². The van der Waals surface area contributed by atoms with Gasteiger partial charge in [0.2, 0.25) is 0 Å². The van der Waals surface area contributed by atoms with Crippen LogP contribution in [0.2, 0.25) is 0 Å². The Balaban J connectivity index is 1.71. The quantitative estimate of drug-likeness (QED) is 0.768. The third-order valence-electron chi connectivity index (χ3n) is 4.72. The highest BCUT2D eigenvalue weighted by Crippen LogP contribution is 2.29. The molecule has 1 aromatic carbocycles. The van der Waals surface area contributed by atoms with Crippen molar-refractivity contribution in [2.45, 2.75) is 32.7 Å². The van der Waals surface area contributed by atoms with E-state index >= 15 is 0 Å². The predicted octanol–water partition coefficient (Wildman–Crippen LogP) is 3.36. The number of anilines is 1. The zero-order valence-corrected chi connectivity index (χ0v) is 15.5. The number of aromatic nitrogens is 2. The summed E-state index contributed by atoms with van der Waals surface area (Å²) in [6.07, 6.45) is 2.86. The average Bonchev–Trinajstić information content (AvgIpc) is 2.99. The van der Waals surface area contributed by atoms with E-state index in [-0.39, 0.29) is 11.5 Å². The second-order valence-corrected chi connectivity index (χ2v) is 7.36. The number of nitrogens with one attached hydrogen (secondary N) is 1. The normalized spacial score (nSPS) is 13.5. The molecule has 1 amide bonds. The molecule has 0 saturated heterocycles. The number of hydrogen-bond acceptors (Lipinski definition) is 5.